The number of phenols is 1. The molecule has 0 aliphatic rings. The molecule has 1 N–H and O–H groups in total. The van der Waals surface area contributed by atoms with E-state index < -0.39 is 29.5 Å². The summed E-state index contributed by atoms with van der Waals surface area (Å²) in [4.78, 5) is 0. The topological polar surface area (TPSA) is 86.7 Å². The Morgan fingerprint density at radius 3 is 1.91 bits per heavy atom. The average molecular weight is 336 g/mol. The summed E-state index contributed by atoms with van der Waals surface area (Å²) in [7, 11) is -5.04. The molecule has 2 rings (SSSR count). The van der Waals surface area contributed by atoms with E-state index in [1.165, 1.54) is 24.3 Å². The monoisotopic (exact) mass is 336 g/mol. The van der Waals surface area contributed by atoms with Crippen LogP contribution in [-0.4, -0.2) is 18.1 Å². The van der Waals surface area contributed by atoms with Gasteiger partial charge in [-0.2, -0.15) is 0 Å². The SMILES string of the molecule is [2H]C([2H])([2H])C(c1ccc(O)cc1)(c1ccc(OS(=O)(=O)[O-])cc1)C([2H])([2H])[2H].[Na+]. The number of rotatable bonds is 4. The molecule has 0 saturated carbocycles. The Labute approximate surface area is 160 Å². The summed E-state index contributed by atoms with van der Waals surface area (Å²) in [6.07, 6.45) is 0. The summed E-state index contributed by atoms with van der Waals surface area (Å²) in [5, 5.41) is 9.46. The van der Waals surface area contributed by atoms with Crippen LogP contribution < -0.4 is 33.7 Å². The van der Waals surface area contributed by atoms with E-state index in [9.17, 15) is 18.1 Å². The van der Waals surface area contributed by atoms with E-state index >= 15 is 0 Å². The molecule has 2 aromatic rings. The van der Waals surface area contributed by atoms with Gasteiger partial charge in [0, 0.05) is 13.6 Å². The summed E-state index contributed by atoms with van der Waals surface area (Å²) >= 11 is 0. The Kier molecular flexibility index (Phi) is 3.66. The van der Waals surface area contributed by atoms with E-state index in [1.54, 1.807) is 0 Å². The van der Waals surface area contributed by atoms with Gasteiger partial charge in [0.15, 0.2) is 0 Å². The van der Waals surface area contributed by atoms with E-state index in [4.69, 9.17) is 8.22 Å². The van der Waals surface area contributed by atoms with Crippen molar-refractivity contribution in [1.29, 1.82) is 0 Å². The van der Waals surface area contributed by atoms with E-state index in [0.717, 1.165) is 24.3 Å². The number of phenolic OH excluding ortho intramolecular Hbond substituents is 1. The van der Waals surface area contributed by atoms with Crippen molar-refractivity contribution >= 4 is 10.4 Å². The Morgan fingerprint density at radius 1 is 1.05 bits per heavy atom. The Balaban J connectivity index is 0.00000392. The molecule has 0 spiro atoms. The van der Waals surface area contributed by atoms with Crippen LogP contribution in [0.2, 0.25) is 0 Å². The second-order valence-electron chi connectivity index (χ2n) is 4.31. The van der Waals surface area contributed by atoms with Crippen LogP contribution >= 0.6 is 0 Å². The molecule has 0 amide bonds. The van der Waals surface area contributed by atoms with Crippen LogP contribution in [0.5, 0.6) is 11.5 Å². The van der Waals surface area contributed by atoms with Crippen molar-refractivity contribution < 1.29 is 60.0 Å². The molecule has 0 unspecified atom stereocenters. The van der Waals surface area contributed by atoms with E-state index in [2.05, 4.69) is 4.18 Å². The van der Waals surface area contributed by atoms with Crippen LogP contribution in [0, 0.1) is 0 Å². The van der Waals surface area contributed by atoms with E-state index in [0.29, 0.717) is 0 Å². The van der Waals surface area contributed by atoms with Gasteiger partial charge in [0.25, 0.3) is 10.4 Å². The second kappa shape index (κ2) is 7.02. The van der Waals surface area contributed by atoms with Gasteiger partial charge in [0.05, 0.1) is 0 Å². The zero-order chi connectivity index (χ0) is 20.7. The van der Waals surface area contributed by atoms with Gasteiger partial charge in [-0.3, -0.25) is 0 Å². The van der Waals surface area contributed by atoms with Gasteiger partial charge in [-0.25, -0.2) is 8.42 Å². The molecular formula is C15H15NaO5S. The van der Waals surface area contributed by atoms with Crippen LogP contribution in [0.25, 0.3) is 0 Å². The second-order valence-corrected chi connectivity index (χ2v) is 5.30. The van der Waals surface area contributed by atoms with Gasteiger partial charge in [-0.1, -0.05) is 38.0 Å². The molecule has 0 atom stereocenters. The maximum atomic E-state index is 10.7. The van der Waals surface area contributed by atoms with E-state index in [1.807, 2.05) is 0 Å². The fourth-order valence-corrected chi connectivity index (χ4v) is 2.10. The predicted molar refractivity (Wildman–Crippen MR) is 77.0 cm³/mol. The molecule has 5 nitrogen and oxygen atoms in total. The molecule has 0 radical (unpaired) electrons. The van der Waals surface area contributed by atoms with Gasteiger partial charge < -0.3 is 13.8 Å². The quantitative estimate of drug-likeness (QED) is 0.465. The van der Waals surface area contributed by atoms with Crippen LogP contribution in [0.4, 0.5) is 0 Å². The minimum absolute atomic E-state index is 0. The van der Waals surface area contributed by atoms with Crippen LogP contribution in [0.3, 0.4) is 0 Å². The van der Waals surface area contributed by atoms with Gasteiger partial charge in [-0.15, -0.1) is 0 Å². The fourth-order valence-electron chi connectivity index (χ4n) is 1.76. The van der Waals surface area contributed by atoms with Crippen molar-refractivity contribution in [2.24, 2.45) is 0 Å². The summed E-state index contributed by atoms with van der Waals surface area (Å²) < 4.78 is 83.9. The largest absolute Gasteiger partial charge is 1.00 e. The molecule has 0 aromatic heterocycles. The zero-order valence-corrected chi connectivity index (χ0v) is 14.4. The average Bonchev–Trinajstić information content (AvgIpc) is 2.47. The standard InChI is InChI=1S/C15H16O5S.Na/c1-15(2,11-3-7-13(16)8-4-11)12-5-9-14(10-6-12)20-21(17,18)19;/h3-10,16H,1-2H3,(H,17,18,19);/q;+1/p-1/i1D3,2D3;. The van der Waals surface area contributed by atoms with Crippen molar-refractivity contribution in [3.8, 4) is 11.5 Å². The maximum absolute atomic E-state index is 10.7. The normalized spacial score (nSPS) is 16.8. The third-order valence-electron chi connectivity index (χ3n) is 2.79. The predicted octanol–water partition coefficient (Wildman–Crippen LogP) is -0.439. The summed E-state index contributed by atoms with van der Waals surface area (Å²) in [5.41, 5.74) is -2.72. The van der Waals surface area contributed by atoms with E-state index in [-0.39, 0.29) is 52.2 Å². The molecule has 0 aliphatic carbocycles. The molecule has 0 heterocycles. The minimum Gasteiger partial charge on any atom is -0.716 e. The molecule has 22 heavy (non-hydrogen) atoms. The van der Waals surface area contributed by atoms with Gasteiger partial charge in [0.1, 0.15) is 11.5 Å². The number of benzene rings is 2. The first-order valence-corrected chi connectivity index (χ1v) is 7.07. The molecule has 0 aliphatic heterocycles. The molecule has 7 heteroatoms. The first kappa shape index (κ1) is 11.5. The summed E-state index contributed by atoms with van der Waals surface area (Å²) in [6, 6.07) is 8.88. The molecule has 0 saturated heterocycles. The smallest absolute Gasteiger partial charge is 0.716 e. The molecule has 112 valence electrons. The van der Waals surface area contributed by atoms with Gasteiger partial charge >= 0.3 is 29.6 Å². The number of aromatic hydroxyl groups is 1. The third kappa shape index (κ3) is 4.72. The van der Waals surface area contributed by atoms with Crippen LogP contribution in [-0.2, 0) is 15.8 Å². The Bertz CT molecular complexity index is 894. The molecule has 0 bridgehead atoms. The number of hydrogen-bond acceptors (Lipinski definition) is 5. The number of hydrogen-bond donors (Lipinski definition) is 1. The van der Waals surface area contributed by atoms with Crippen molar-refractivity contribution in [3.63, 3.8) is 0 Å². The molecule has 0 fully saturated rings. The fraction of sp³-hybridized carbons (Fsp3) is 0.200. The maximum Gasteiger partial charge on any atom is 1.00 e. The van der Waals surface area contributed by atoms with Crippen molar-refractivity contribution in [1.82, 2.24) is 0 Å². The Hall–Kier alpha value is -1.05. The van der Waals surface area contributed by atoms with Gasteiger partial charge in [0.2, 0.25) is 0 Å². The summed E-state index contributed by atoms with van der Waals surface area (Å²) in [5.74, 6) is -0.558. The van der Waals surface area contributed by atoms with Gasteiger partial charge in [-0.05, 0) is 35.4 Å². The van der Waals surface area contributed by atoms with Crippen molar-refractivity contribution in [2.45, 2.75) is 19.1 Å². The van der Waals surface area contributed by atoms with Crippen molar-refractivity contribution in [3.05, 3.63) is 59.7 Å². The van der Waals surface area contributed by atoms with Crippen LogP contribution in [0.15, 0.2) is 48.5 Å². The summed E-state index contributed by atoms with van der Waals surface area (Å²) in [6.45, 7) is -6.08. The molecule has 2 aromatic carbocycles. The zero-order valence-electron chi connectivity index (χ0n) is 17.6. The van der Waals surface area contributed by atoms with Crippen molar-refractivity contribution in [2.75, 3.05) is 0 Å². The third-order valence-corrected chi connectivity index (χ3v) is 3.18. The first-order chi connectivity index (χ1) is 12.2. The molecular weight excluding hydrogens is 315 g/mol. The minimum atomic E-state index is -5.04. The van der Waals surface area contributed by atoms with Crippen LogP contribution in [0.1, 0.15) is 33.1 Å². The Morgan fingerprint density at radius 2 is 1.50 bits per heavy atom. The first-order valence-electron chi connectivity index (χ1n) is 8.74.